The van der Waals surface area contributed by atoms with Gasteiger partial charge in [0.2, 0.25) is 0 Å². The molecule has 1 atom stereocenters. The van der Waals surface area contributed by atoms with Gasteiger partial charge in [0.1, 0.15) is 17.7 Å². The Morgan fingerprint density at radius 1 is 1.00 bits per heavy atom. The Morgan fingerprint density at radius 3 is 2.19 bits per heavy atom. The number of anilines is 1. The van der Waals surface area contributed by atoms with Crippen LogP contribution in [0.2, 0.25) is 0 Å². The van der Waals surface area contributed by atoms with Crippen molar-refractivity contribution in [3.63, 3.8) is 0 Å². The molecule has 0 saturated carbocycles. The van der Waals surface area contributed by atoms with Gasteiger partial charge in [-0.1, -0.05) is 0 Å². The largest absolute Gasteiger partial charge is 0.409 e. The number of Topliss-reactive ketones (excluding diaryl/α,β-unsaturated/α-hetero) is 1. The van der Waals surface area contributed by atoms with Crippen molar-refractivity contribution in [1.82, 2.24) is 0 Å². The molecule has 1 aliphatic heterocycles. The molecule has 9 heteroatoms. The summed E-state index contributed by atoms with van der Waals surface area (Å²) in [6.45, 7) is 0. The van der Waals surface area contributed by atoms with Gasteiger partial charge >= 0.3 is 6.18 Å². The summed E-state index contributed by atoms with van der Waals surface area (Å²) in [6, 6.07) is 1.82. The smallest absolute Gasteiger partial charge is 0.294 e. The molecule has 136 valence electrons. The fourth-order valence-electron chi connectivity index (χ4n) is 2.79. The number of rotatable bonds is 1. The number of carbonyl (C=O) groups is 2. The minimum atomic E-state index is -5.04. The zero-order chi connectivity index (χ0) is 19.2. The summed E-state index contributed by atoms with van der Waals surface area (Å²) >= 11 is 0. The molecule has 0 aromatic heterocycles. The molecule has 2 aromatic rings. The van der Waals surface area contributed by atoms with Gasteiger partial charge in [-0.25, -0.2) is 13.2 Å². The van der Waals surface area contributed by atoms with Crippen LogP contribution in [0.15, 0.2) is 36.4 Å². The number of hydrogen-bond donors (Lipinski definition) is 0. The monoisotopic (exact) mass is 373 g/mol. The Hall–Kier alpha value is -2.84. The molecule has 0 bridgehead atoms. The molecular weight excluding hydrogens is 364 g/mol. The molecule has 0 N–H and O–H groups in total. The van der Waals surface area contributed by atoms with Crippen LogP contribution in [0.1, 0.15) is 27.1 Å². The topological polar surface area (TPSA) is 37.4 Å². The minimum absolute atomic E-state index is 0.0821. The van der Waals surface area contributed by atoms with E-state index in [0.717, 1.165) is 24.3 Å². The van der Waals surface area contributed by atoms with Gasteiger partial charge in [-0.05, 0) is 30.3 Å². The molecular formula is C17H9F6NO2. The summed E-state index contributed by atoms with van der Waals surface area (Å²) in [7, 11) is 0. The lowest BCUT2D eigenvalue weighted by atomic mass is 9.92. The van der Waals surface area contributed by atoms with Gasteiger partial charge in [-0.15, -0.1) is 0 Å². The number of benzene rings is 2. The first kappa shape index (κ1) is 18.0. The lowest BCUT2D eigenvalue weighted by Gasteiger charge is -2.37. The lowest BCUT2D eigenvalue weighted by molar-refractivity contribution is -0.147. The lowest BCUT2D eigenvalue weighted by Crippen LogP contribution is -2.53. The summed E-state index contributed by atoms with van der Waals surface area (Å²) in [5, 5.41) is 0. The quantitative estimate of drug-likeness (QED) is 0.701. The van der Waals surface area contributed by atoms with Crippen LogP contribution in [-0.2, 0) is 0 Å². The summed E-state index contributed by atoms with van der Waals surface area (Å²) in [4.78, 5) is 24.7. The van der Waals surface area contributed by atoms with Crippen LogP contribution in [0.5, 0.6) is 0 Å². The molecule has 0 spiro atoms. The third-order valence-corrected chi connectivity index (χ3v) is 3.95. The molecule has 0 radical (unpaired) electrons. The van der Waals surface area contributed by atoms with Crippen LogP contribution in [0.25, 0.3) is 0 Å². The standard InChI is InChI=1S/C17H9F6NO2/c18-9-3-1-8(2-4-9)16(26)24-14(17(21,22)23)7-13(25)11-5-10(19)6-12(20)15(11)24/h1-6,14H,7H2. The van der Waals surface area contributed by atoms with E-state index in [4.69, 9.17) is 0 Å². The Bertz CT molecular complexity index is 891. The van der Waals surface area contributed by atoms with E-state index in [1.54, 1.807) is 0 Å². The molecule has 3 nitrogen and oxygen atoms in total. The van der Waals surface area contributed by atoms with Crippen molar-refractivity contribution in [2.75, 3.05) is 4.90 Å². The highest BCUT2D eigenvalue weighted by Gasteiger charge is 2.51. The van der Waals surface area contributed by atoms with Crippen LogP contribution in [-0.4, -0.2) is 23.9 Å². The van der Waals surface area contributed by atoms with Gasteiger partial charge in [-0.2, -0.15) is 13.2 Å². The van der Waals surface area contributed by atoms with E-state index in [9.17, 15) is 35.9 Å². The van der Waals surface area contributed by atoms with E-state index in [1.807, 2.05) is 0 Å². The number of carbonyl (C=O) groups excluding carboxylic acids is 2. The average Bonchev–Trinajstić information content (AvgIpc) is 2.54. The summed E-state index contributed by atoms with van der Waals surface area (Å²) in [6.07, 6.45) is -6.21. The Balaban J connectivity index is 2.21. The first-order valence-electron chi connectivity index (χ1n) is 7.27. The second-order valence-electron chi connectivity index (χ2n) is 5.65. The highest BCUT2D eigenvalue weighted by atomic mass is 19.4. The molecule has 26 heavy (non-hydrogen) atoms. The number of amides is 1. The predicted molar refractivity (Wildman–Crippen MR) is 78.4 cm³/mol. The van der Waals surface area contributed by atoms with Crippen molar-refractivity contribution in [1.29, 1.82) is 0 Å². The first-order valence-corrected chi connectivity index (χ1v) is 7.27. The Morgan fingerprint density at radius 2 is 1.62 bits per heavy atom. The normalized spacial score (nSPS) is 17.2. The predicted octanol–water partition coefficient (Wildman–Crippen LogP) is 4.27. The van der Waals surface area contributed by atoms with Gasteiger partial charge in [0.05, 0.1) is 5.69 Å². The van der Waals surface area contributed by atoms with E-state index >= 15 is 0 Å². The van der Waals surface area contributed by atoms with Crippen molar-refractivity contribution in [2.24, 2.45) is 0 Å². The molecule has 3 rings (SSSR count). The van der Waals surface area contributed by atoms with Crippen molar-refractivity contribution in [2.45, 2.75) is 18.6 Å². The van der Waals surface area contributed by atoms with Crippen LogP contribution < -0.4 is 4.90 Å². The van der Waals surface area contributed by atoms with Crippen LogP contribution in [0.4, 0.5) is 32.0 Å². The number of ketones is 1. The highest BCUT2D eigenvalue weighted by molar-refractivity contribution is 6.14. The summed E-state index contributed by atoms with van der Waals surface area (Å²) in [5.74, 6) is -5.78. The van der Waals surface area contributed by atoms with Crippen molar-refractivity contribution in [3.05, 3.63) is 65.0 Å². The number of fused-ring (bicyclic) bond motifs is 1. The van der Waals surface area contributed by atoms with E-state index < -0.39 is 59.0 Å². The van der Waals surface area contributed by atoms with Crippen molar-refractivity contribution < 1.29 is 35.9 Å². The summed E-state index contributed by atoms with van der Waals surface area (Å²) < 4.78 is 80.9. The molecule has 1 aliphatic rings. The number of halogens is 6. The van der Waals surface area contributed by atoms with E-state index in [0.29, 0.717) is 6.07 Å². The molecule has 0 aliphatic carbocycles. The second kappa shape index (κ2) is 6.15. The van der Waals surface area contributed by atoms with E-state index in [-0.39, 0.29) is 16.5 Å². The highest BCUT2D eigenvalue weighted by Crippen LogP contribution is 2.40. The van der Waals surface area contributed by atoms with Gasteiger partial charge in [-0.3, -0.25) is 14.5 Å². The number of nitrogens with zero attached hydrogens (tertiary/aromatic N) is 1. The SMILES string of the molecule is O=C1CC(C(F)(F)F)N(C(=O)c2ccc(F)cc2)c2c(F)cc(F)cc21. The zero-order valence-electron chi connectivity index (χ0n) is 12.8. The second-order valence-corrected chi connectivity index (χ2v) is 5.65. The zero-order valence-corrected chi connectivity index (χ0v) is 12.8. The van der Waals surface area contributed by atoms with Crippen molar-refractivity contribution >= 4 is 17.4 Å². The summed E-state index contributed by atoms with van der Waals surface area (Å²) in [5.41, 5.74) is -1.94. The van der Waals surface area contributed by atoms with E-state index in [2.05, 4.69) is 0 Å². The van der Waals surface area contributed by atoms with Gasteiger partial charge < -0.3 is 0 Å². The average molecular weight is 373 g/mol. The molecule has 0 saturated heterocycles. The van der Waals surface area contributed by atoms with E-state index in [1.165, 1.54) is 0 Å². The van der Waals surface area contributed by atoms with Crippen LogP contribution >= 0.6 is 0 Å². The first-order chi connectivity index (χ1) is 12.1. The molecule has 1 unspecified atom stereocenters. The number of alkyl halides is 3. The van der Waals surface area contributed by atoms with Crippen molar-refractivity contribution in [3.8, 4) is 0 Å². The van der Waals surface area contributed by atoms with Gasteiger partial charge in [0.15, 0.2) is 11.6 Å². The Labute approximate surface area is 142 Å². The molecule has 1 amide bonds. The maximum atomic E-state index is 14.2. The third kappa shape index (κ3) is 3.04. The van der Waals surface area contributed by atoms with Gasteiger partial charge in [0, 0.05) is 23.6 Å². The Kier molecular flexibility index (Phi) is 4.25. The molecule has 1 heterocycles. The minimum Gasteiger partial charge on any atom is -0.294 e. The maximum Gasteiger partial charge on any atom is 0.409 e. The van der Waals surface area contributed by atoms with Gasteiger partial charge in [0.25, 0.3) is 5.91 Å². The van der Waals surface area contributed by atoms with Crippen LogP contribution in [0, 0.1) is 17.5 Å². The molecule has 0 fully saturated rings. The fraction of sp³-hybridized carbons (Fsp3) is 0.176. The third-order valence-electron chi connectivity index (χ3n) is 3.95. The molecule has 2 aromatic carbocycles. The number of hydrogen-bond acceptors (Lipinski definition) is 2. The maximum absolute atomic E-state index is 14.2. The fourth-order valence-corrected chi connectivity index (χ4v) is 2.79. The van der Waals surface area contributed by atoms with Crippen LogP contribution in [0.3, 0.4) is 0 Å².